The van der Waals surface area contributed by atoms with Crippen molar-refractivity contribution in [3.8, 4) is 0 Å². The van der Waals surface area contributed by atoms with Crippen LogP contribution in [0.15, 0.2) is 0 Å². The van der Waals surface area contributed by atoms with Crippen molar-refractivity contribution < 1.29 is 0 Å². The van der Waals surface area contributed by atoms with Gasteiger partial charge in [0.25, 0.3) is 0 Å². The highest BCUT2D eigenvalue weighted by Gasteiger charge is 2.27. The summed E-state index contributed by atoms with van der Waals surface area (Å²) in [6, 6.07) is 0. The molecule has 0 N–H and O–H groups in total. The Kier molecular flexibility index (Phi) is 2.43. The summed E-state index contributed by atoms with van der Waals surface area (Å²) in [6.07, 6.45) is 2.90. The van der Waals surface area contributed by atoms with E-state index < -0.39 is 0 Å². The van der Waals surface area contributed by atoms with Gasteiger partial charge in [-0.05, 0) is 17.8 Å². The molecule has 0 aromatic carbocycles. The van der Waals surface area contributed by atoms with Crippen molar-refractivity contribution in [2.75, 3.05) is 0 Å². The molecule has 0 heterocycles. The topological polar surface area (TPSA) is 0 Å². The van der Waals surface area contributed by atoms with Gasteiger partial charge in [-0.3, -0.25) is 0 Å². The highest BCUT2D eigenvalue weighted by molar-refractivity contribution is 6.11. The largest absolute Gasteiger partial charge is 0.105 e. The fourth-order valence-electron chi connectivity index (χ4n) is 2.36. The van der Waals surface area contributed by atoms with Crippen molar-refractivity contribution in [2.24, 2.45) is 17.8 Å². The maximum atomic E-state index is 2.40. The van der Waals surface area contributed by atoms with Gasteiger partial charge in [0, 0.05) is 0 Å². The molecule has 0 radical (unpaired) electrons. The van der Waals surface area contributed by atoms with E-state index in [9.17, 15) is 0 Å². The molecule has 58 valence electrons. The second-order valence-electron chi connectivity index (χ2n) is 4.39. The molecule has 1 aliphatic carbocycles. The van der Waals surface area contributed by atoms with Gasteiger partial charge >= 0.3 is 0 Å². The van der Waals surface area contributed by atoms with Crippen molar-refractivity contribution >= 4 is 7.85 Å². The van der Waals surface area contributed by atoms with Crippen LogP contribution in [0.3, 0.4) is 0 Å². The second kappa shape index (κ2) is 2.98. The lowest BCUT2D eigenvalue weighted by Crippen LogP contribution is -2.25. The molecule has 0 saturated heterocycles. The third-order valence-electron chi connectivity index (χ3n) is 3.34. The number of hydrogen-bond donors (Lipinski definition) is 0. The molecule has 0 amide bonds. The molecule has 1 rings (SSSR count). The highest BCUT2D eigenvalue weighted by atomic mass is 14.3. The van der Waals surface area contributed by atoms with Gasteiger partial charge < -0.3 is 0 Å². The van der Waals surface area contributed by atoms with E-state index in [2.05, 4.69) is 28.6 Å². The summed E-state index contributed by atoms with van der Waals surface area (Å²) < 4.78 is 0. The van der Waals surface area contributed by atoms with Gasteiger partial charge in [0.1, 0.15) is 7.85 Å². The Labute approximate surface area is 65.8 Å². The maximum Gasteiger partial charge on any atom is 0.105 e. The zero-order valence-electron chi connectivity index (χ0n) is 7.72. The lowest BCUT2D eigenvalue weighted by Gasteiger charge is -2.35. The van der Waals surface area contributed by atoms with Crippen molar-refractivity contribution in [1.82, 2.24) is 0 Å². The van der Waals surface area contributed by atoms with E-state index in [0.717, 1.165) is 23.6 Å². The van der Waals surface area contributed by atoms with Crippen LogP contribution in [0.2, 0.25) is 5.82 Å². The second-order valence-corrected chi connectivity index (χ2v) is 4.39. The van der Waals surface area contributed by atoms with Crippen LogP contribution in [-0.4, -0.2) is 7.85 Å². The first kappa shape index (κ1) is 8.16. The summed E-state index contributed by atoms with van der Waals surface area (Å²) in [6.45, 7) is 7.20. The van der Waals surface area contributed by atoms with Crippen LogP contribution in [0.5, 0.6) is 0 Å². The third kappa shape index (κ3) is 1.56. The minimum absolute atomic E-state index is 0.955. The predicted molar refractivity (Wildman–Crippen MR) is 49.0 cm³/mol. The van der Waals surface area contributed by atoms with Crippen LogP contribution in [0.1, 0.15) is 33.6 Å². The van der Waals surface area contributed by atoms with E-state index in [1.807, 2.05) is 0 Å². The van der Waals surface area contributed by atoms with Crippen LogP contribution < -0.4 is 0 Å². The number of hydrogen-bond acceptors (Lipinski definition) is 0. The summed E-state index contributed by atoms with van der Waals surface area (Å²) >= 11 is 0. The standard InChI is InChI=1S/C9H19B/c1-6-4-9(10)5-7(2)8(6)3/h6-9H,4-5,10H2,1-3H3. The van der Waals surface area contributed by atoms with E-state index >= 15 is 0 Å². The van der Waals surface area contributed by atoms with E-state index in [4.69, 9.17) is 0 Å². The molecule has 0 spiro atoms. The molecular formula is C9H19B. The molecule has 1 aliphatic rings. The van der Waals surface area contributed by atoms with Gasteiger partial charge in [-0.2, -0.15) is 0 Å². The summed E-state index contributed by atoms with van der Waals surface area (Å²) in [7, 11) is 2.39. The SMILES string of the molecule is BC1CC(C)C(C)C(C)C1. The van der Waals surface area contributed by atoms with Crippen LogP contribution in [0.25, 0.3) is 0 Å². The molecule has 1 saturated carbocycles. The summed E-state index contributed by atoms with van der Waals surface area (Å²) in [5.74, 6) is 3.84. The fraction of sp³-hybridized carbons (Fsp3) is 1.00. The Morgan fingerprint density at radius 2 is 1.40 bits per heavy atom. The fourth-order valence-corrected chi connectivity index (χ4v) is 2.36. The quantitative estimate of drug-likeness (QED) is 0.449. The average Bonchev–Trinajstić information content (AvgIpc) is 1.82. The van der Waals surface area contributed by atoms with E-state index in [1.165, 1.54) is 12.8 Å². The lowest BCUT2D eigenvalue weighted by atomic mass is 9.63. The lowest BCUT2D eigenvalue weighted by molar-refractivity contribution is 0.198. The first-order valence-corrected chi connectivity index (χ1v) is 4.61. The monoisotopic (exact) mass is 138 g/mol. The van der Waals surface area contributed by atoms with Gasteiger partial charge in [-0.1, -0.05) is 39.4 Å². The van der Waals surface area contributed by atoms with Crippen LogP contribution in [0, 0.1) is 17.8 Å². The van der Waals surface area contributed by atoms with E-state index in [0.29, 0.717) is 0 Å². The van der Waals surface area contributed by atoms with Crippen molar-refractivity contribution in [3.05, 3.63) is 0 Å². The molecule has 1 fully saturated rings. The van der Waals surface area contributed by atoms with Crippen molar-refractivity contribution in [3.63, 3.8) is 0 Å². The van der Waals surface area contributed by atoms with Gasteiger partial charge in [0.15, 0.2) is 0 Å². The molecule has 2 unspecified atom stereocenters. The summed E-state index contributed by atoms with van der Waals surface area (Å²) in [5, 5.41) is 0. The van der Waals surface area contributed by atoms with Crippen LogP contribution >= 0.6 is 0 Å². The summed E-state index contributed by atoms with van der Waals surface area (Å²) in [4.78, 5) is 0. The normalized spacial score (nSPS) is 49.1. The molecule has 0 aliphatic heterocycles. The average molecular weight is 138 g/mol. The molecular weight excluding hydrogens is 119 g/mol. The molecule has 0 aromatic heterocycles. The molecule has 1 heteroatoms. The van der Waals surface area contributed by atoms with Crippen molar-refractivity contribution in [2.45, 2.75) is 39.4 Å². The molecule has 0 nitrogen and oxygen atoms in total. The summed E-state index contributed by atoms with van der Waals surface area (Å²) in [5.41, 5.74) is 0. The minimum Gasteiger partial charge on any atom is -0.0692 e. The first-order chi connectivity index (χ1) is 4.61. The highest BCUT2D eigenvalue weighted by Crippen LogP contribution is 2.38. The molecule has 2 atom stereocenters. The Bertz CT molecular complexity index is 99.3. The van der Waals surface area contributed by atoms with Crippen molar-refractivity contribution in [1.29, 1.82) is 0 Å². The minimum atomic E-state index is 0.955. The first-order valence-electron chi connectivity index (χ1n) is 4.61. The predicted octanol–water partition coefficient (Wildman–Crippen LogP) is 2.11. The Morgan fingerprint density at radius 3 is 1.80 bits per heavy atom. The maximum absolute atomic E-state index is 2.40. The molecule has 0 aromatic rings. The van der Waals surface area contributed by atoms with E-state index in [1.54, 1.807) is 0 Å². The third-order valence-corrected chi connectivity index (χ3v) is 3.34. The van der Waals surface area contributed by atoms with Gasteiger partial charge in [-0.15, -0.1) is 0 Å². The zero-order valence-corrected chi connectivity index (χ0v) is 7.72. The zero-order chi connectivity index (χ0) is 7.72. The van der Waals surface area contributed by atoms with Gasteiger partial charge in [0.2, 0.25) is 0 Å². The number of rotatable bonds is 0. The van der Waals surface area contributed by atoms with Gasteiger partial charge in [-0.25, -0.2) is 0 Å². The van der Waals surface area contributed by atoms with E-state index in [-0.39, 0.29) is 0 Å². The van der Waals surface area contributed by atoms with Crippen LogP contribution in [0.4, 0.5) is 0 Å². The Morgan fingerprint density at radius 1 is 1.00 bits per heavy atom. The molecule has 0 bridgehead atoms. The van der Waals surface area contributed by atoms with Gasteiger partial charge in [0.05, 0.1) is 0 Å². The smallest absolute Gasteiger partial charge is 0.0692 e. The molecule has 10 heavy (non-hydrogen) atoms. The van der Waals surface area contributed by atoms with Crippen LogP contribution in [-0.2, 0) is 0 Å². The Balaban J connectivity index is 2.49. The Hall–Kier alpha value is 0.0649.